The van der Waals surface area contributed by atoms with Gasteiger partial charge in [-0.1, -0.05) is 27.7 Å². The van der Waals surface area contributed by atoms with Crippen molar-refractivity contribution in [2.75, 3.05) is 0 Å². The van der Waals surface area contributed by atoms with Gasteiger partial charge in [-0.25, -0.2) is 0 Å². The molecule has 1 fully saturated rings. The Kier molecular flexibility index (Phi) is 3.96. The summed E-state index contributed by atoms with van der Waals surface area (Å²) in [4.78, 5) is 0. The third-order valence-corrected chi connectivity index (χ3v) is 3.74. The van der Waals surface area contributed by atoms with Crippen LogP contribution in [0, 0.1) is 23.7 Å². The van der Waals surface area contributed by atoms with E-state index in [1.165, 1.54) is 0 Å². The van der Waals surface area contributed by atoms with Crippen LogP contribution >= 0.6 is 0 Å². The van der Waals surface area contributed by atoms with E-state index in [-0.39, 0.29) is 12.1 Å². The van der Waals surface area contributed by atoms with E-state index in [2.05, 4.69) is 27.7 Å². The second-order valence-electron chi connectivity index (χ2n) is 5.54. The SMILES string of the molecule is CC(C)C1CC(N)CC(C(C)C)C1O. The summed E-state index contributed by atoms with van der Waals surface area (Å²) in [6.07, 6.45) is 1.83. The monoisotopic (exact) mass is 199 g/mol. The molecule has 1 rings (SSSR count). The van der Waals surface area contributed by atoms with Gasteiger partial charge in [-0.2, -0.15) is 0 Å². The van der Waals surface area contributed by atoms with Gasteiger partial charge in [-0.05, 0) is 36.5 Å². The Balaban J connectivity index is 2.70. The van der Waals surface area contributed by atoms with E-state index in [0.29, 0.717) is 23.7 Å². The molecule has 0 aromatic heterocycles. The average Bonchev–Trinajstić information content (AvgIpc) is 2.07. The van der Waals surface area contributed by atoms with Gasteiger partial charge >= 0.3 is 0 Å². The summed E-state index contributed by atoms with van der Waals surface area (Å²) >= 11 is 0. The van der Waals surface area contributed by atoms with E-state index in [9.17, 15) is 5.11 Å². The van der Waals surface area contributed by atoms with Crippen LogP contribution in [0.3, 0.4) is 0 Å². The zero-order valence-corrected chi connectivity index (χ0v) is 9.90. The summed E-state index contributed by atoms with van der Waals surface area (Å²) in [5, 5.41) is 10.2. The van der Waals surface area contributed by atoms with Gasteiger partial charge in [0.15, 0.2) is 0 Å². The molecule has 1 aliphatic carbocycles. The maximum atomic E-state index is 10.2. The minimum Gasteiger partial charge on any atom is -0.393 e. The van der Waals surface area contributed by atoms with E-state index in [1.54, 1.807) is 0 Å². The Bertz CT molecular complexity index is 161. The van der Waals surface area contributed by atoms with Crippen LogP contribution < -0.4 is 5.73 Å². The highest BCUT2D eigenvalue weighted by Crippen LogP contribution is 2.36. The van der Waals surface area contributed by atoms with Crippen molar-refractivity contribution in [3.05, 3.63) is 0 Å². The van der Waals surface area contributed by atoms with Gasteiger partial charge < -0.3 is 10.8 Å². The third-order valence-electron chi connectivity index (χ3n) is 3.74. The topological polar surface area (TPSA) is 46.2 Å². The molecule has 0 radical (unpaired) electrons. The Hall–Kier alpha value is -0.0800. The lowest BCUT2D eigenvalue weighted by Crippen LogP contribution is -2.46. The van der Waals surface area contributed by atoms with Crippen molar-refractivity contribution in [2.45, 2.75) is 52.7 Å². The number of nitrogens with two attached hydrogens (primary N) is 1. The second-order valence-corrected chi connectivity index (χ2v) is 5.54. The summed E-state index contributed by atoms with van der Waals surface area (Å²) in [5.74, 6) is 1.87. The van der Waals surface area contributed by atoms with Gasteiger partial charge in [0.05, 0.1) is 6.10 Å². The summed E-state index contributed by atoms with van der Waals surface area (Å²) in [7, 11) is 0. The minimum absolute atomic E-state index is 0.144. The van der Waals surface area contributed by atoms with Gasteiger partial charge in [-0.3, -0.25) is 0 Å². The van der Waals surface area contributed by atoms with Crippen molar-refractivity contribution in [1.82, 2.24) is 0 Å². The second kappa shape index (κ2) is 4.63. The molecule has 0 bridgehead atoms. The van der Waals surface area contributed by atoms with E-state index >= 15 is 0 Å². The molecular weight excluding hydrogens is 174 g/mol. The lowest BCUT2D eigenvalue weighted by atomic mass is 9.68. The molecule has 2 nitrogen and oxygen atoms in total. The molecule has 0 aliphatic heterocycles. The van der Waals surface area contributed by atoms with Crippen LogP contribution in [0.4, 0.5) is 0 Å². The molecule has 1 saturated carbocycles. The normalized spacial score (nSPS) is 39.4. The molecule has 2 unspecified atom stereocenters. The van der Waals surface area contributed by atoms with Crippen molar-refractivity contribution in [2.24, 2.45) is 29.4 Å². The molecule has 84 valence electrons. The van der Waals surface area contributed by atoms with Gasteiger partial charge in [0.2, 0.25) is 0 Å². The first kappa shape index (κ1) is 12.0. The first-order valence-electron chi connectivity index (χ1n) is 5.87. The largest absolute Gasteiger partial charge is 0.393 e. The maximum absolute atomic E-state index is 10.2. The Labute approximate surface area is 87.9 Å². The average molecular weight is 199 g/mol. The maximum Gasteiger partial charge on any atom is 0.0602 e. The van der Waals surface area contributed by atoms with Gasteiger partial charge in [0, 0.05) is 6.04 Å². The fourth-order valence-electron chi connectivity index (χ4n) is 2.72. The Morgan fingerprint density at radius 3 is 1.64 bits per heavy atom. The molecule has 3 N–H and O–H groups in total. The molecule has 0 aromatic rings. The predicted octanol–water partition coefficient (Wildman–Crippen LogP) is 2.01. The van der Waals surface area contributed by atoms with Crippen LogP contribution in [-0.4, -0.2) is 17.3 Å². The standard InChI is InChI=1S/C12H25NO/c1-7(2)10-5-9(13)6-11(8(3)4)12(10)14/h7-12,14H,5-6,13H2,1-4H3. The van der Waals surface area contributed by atoms with E-state index in [0.717, 1.165) is 12.8 Å². The molecule has 0 spiro atoms. The van der Waals surface area contributed by atoms with Crippen molar-refractivity contribution < 1.29 is 5.11 Å². The van der Waals surface area contributed by atoms with Crippen LogP contribution in [0.25, 0.3) is 0 Å². The fourth-order valence-corrected chi connectivity index (χ4v) is 2.72. The molecule has 14 heavy (non-hydrogen) atoms. The van der Waals surface area contributed by atoms with Crippen molar-refractivity contribution in [3.8, 4) is 0 Å². The van der Waals surface area contributed by atoms with Crippen LogP contribution in [0.1, 0.15) is 40.5 Å². The quantitative estimate of drug-likeness (QED) is 0.714. The summed E-state index contributed by atoms with van der Waals surface area (Å²) in [6.45, 7) is 8.74. The first-order chi connectivity index (χ1) is 6.43. The summed E-state index contributed by atoms with van der Waals surface area (Å²) in [5.41, 5.74) is 6.04. The van der Waals surface area contributed by atoms with Crippen molar-refractivity contribution >= 4 is 0 Å². The smallest absolute Gasteiger partial charge is 0.0602 e. The number of hydrogen-bond acceptors (Lipinski definition) is 2. The lowest BCUT2D eigenvalue weighted by Gasteiger charge is -2.41. The van der Waals surface area contributed by atoms with Crippen LogP contribution in [0.5, 0.6) is 0 Å². The molecule has 0 heterocycles. The van der Waals surface area contributed by atoms with Gasteiger partial charge in [0.25, 0.3) is 0 Å². The lowest BCUT2D eigenvalue weighted by molar-refractivity contribution is -0.0263. The molecular formula is C12H25NO. The molecule has 0 amide bonds. The summed E-state index contributed by atoms with van der Waals surface area (Å²) < 4.78 is 0. The zero-order valence-electron chi connectivity index (χ0n) is 9.90. The van der Waals surface area contributed by atoms with Gasteiger partial charge in [-0.15, -0.1) is 0 Å². The molecule has 2 heteroatoms. The highest BCUT2D eigenvalue weighted by molar-refractivity contribution is 4.90. The van der Waals surface area contributed by atoms with E-state index in [1.807, 2.05) is 0 Å². The first-order valence-corrected chi connectivity index (χ1v) is 5.87. The number of hydrogen-bond donors (Lipinski definition) is 2. The Morgan fingerprint density at radius 2 is 1.36 bits per heavy atom. The van der Waals surface area contributed by atoms with Crippen molar-refractivity contribution in [1.29, 1.82) is 0 Å². The fraction of sp³-hybridized carbons (Fsp3) is 1.00. The van der Waals surface area contributed by atoms with Gasteiger partial charge in [0.1, 0.15) is 0 Å². The highest BCUT2D eigenvalue weighted by Gasteiger charge is 2.37. The van der Waals surface area contributed by atoms with Crippen LogP contribution in [0.2, 0.25) is 0 Å². The van der Waals surface area contributed by atoms with E-state index < -0.39 is 0 Å². The molecule has 0 saturated heterocycles. The van der Waals surface area contributed by atoms with Crippen LogP contribution in [-0.2, 0) is 0 Å². The Morgan fingerprint density at radius 1 is 1.00 bits per heavy atom. The zero-order chi connectivity index (χ0) is 10.9. The highest BCUT2D eigenvalue weighted by atomic mass is 16.3. The predicted molar refractivity (Wildman–Crippen MR) is 59.9 cm³/mol. The molecule has 0 aromatic carbocycles. The molecule has 1 aliphatic rings. The third kappa shape index (κ3) is 2.48. The number of aliphatic hydroxyl groups excluding tert-OH is 1. The number of rotatable bonds is 2. The summed E-state index contributed by atoms with van der Waals surface area (Å²) in [6, 6.07) is 0.290. The molecule has 2 atom stereocenters. The number of aliphatic hydroxyl groups is 1. The van der Waals surface area contributed by atoms with Crippen LogP contribution in [0.15, 0.2) is 0 Å². The van der Waals surface area contributed by atoms with E-state index in [4.69, 9.17) is 5.73 Å². The van der Waals surface area contributed by atoms with Crippen molar-refractivity contribution in [3.63, 3.8) is 0 Å². The minimum atomic E-state index is -0.144.